The van der Waals surface area contributed by atoms with Crippen molar-refractivity contribution in [3.8, 4) is 0 Å². The Labute approximate surface area is 124 Å². The molecule has 3 nitrogen and oxygen atoms in total. The van der Waals surface area contributed by atoms with Gasteiger partial charge >= 0.3 is 0 Å². The van der Waals surface area contributed by atoms with Crippen LogP contribution in [0.1, 0.15) is 38.5 Å². The van der Waals surface area contributed by atoms with Gasteiger partial charge in [0.05, 0.1) is 13.2 Å². The standard InChI is InChI=1S/C17H30N2O/c1-2-5-16(6-3-1)13-19-8-4-7-17(15-19)14-18-9-11-20-12-10-18/h5,17H,1-4,6-15H2/t17-/m0/s1. The Morgan fingerprint density at radius 2 is 1.95 bits per heavy atom. The van der Waals surface area contributed by atoms with Crippen LogP contribution in [0.4, 0.5) is 0 Å². The molecule has 0 N–H and O–H groups in total. The Morgan fingerprint density at radius 1 is 1.05 bits per heavy atom. The molecule has 0 bridgehead atoms. The van der Waals surface area contributed by atoms with E-state index in [1.54, 1.807) is 5.57 Å². The SMILES string of the molecule is C1=C(CN2CCC[C@@H](CN3CCOCC3)C2)CCCC1. The Bertz CT molecular complexity index is 323. The van der Waals surface area contributed by atoms with Crippen molar-refractivity contribution in [3.63, 3.8) is 0 Å². The maximum atomic E-state index is 5.45. The Kier molecular flexibility index (Phi) is 5.51. The van der Waals surface area contributed by atoms with Crippen LogP contribution in [-0.4, -0.2) is 62.3 Å². The summed E-state index contributed by atoms with van der Waals surface area (Å²) in [5, 5.41) is 0. The first-order valence-corrected chi connectivity index (χ1v) is 8.60. The van der Waals surface area contributed by atoms with E-state index in [9.17, 15) is 0 Å². The Hall–Kier alpha value is -0.380. The van der Waals surface area contributed by atoms with Gasteiger partial charge in [0, 0.05) is 32.7 Å². The molecule has 0 spiro atoms. The van der Waals surface area contributed by atoms with Gasteiger partial charge in [-0.1, -0.05) is 11.6 Å². The van der Waals surface area contributed by atoms with E-state index < -0.39 is 0 Å². The van der Waals surface area contributed by atoms with Crippen LogP contribution in [-0.2, 0) is 4.74 Å². The molecule has 1 atom stereocenters. The van der Waals surface area contributed by atoms with Crippen LogP contribution in [0.25, 0.3) is 0 Å². The van der Waals surface area contributed by atoms with Gasteiger partial charge in [-0.2, -0.15) is 0 Å². The van der Waals surface area contributed by atoms with Crippen LogP contribution in [0.2, 0.25) is 0 Å². The molecule has 1 aliphatic carbocycles. The third-order valence-electron chi connectivity index (χ3n) is 5.03. The zero-order valence-electron chi connectivity index (χ0n) is 12.9. The van der Waals surface area contributed by atoms with Crippen molar-refractivity contribution in [2.75, 3.05) is 52.5 Å². The summed E-state index contributed by atoms with van der Waals surface area (Å²) in [4.78, 5) is 5.32. The Balaban J connectivity index is 1.44. The topological polar surface area (TPSA) is 15.7 Å². The van der Waals surface area contributed by atoms with Crippen molar-refractivity contribution in [2.24, 2.45) is 5.92 Å². The van der Waals surface area contributed by atoms with E-state index in [0.29, 0.717) is 0 Å². The number of hydrogen-bond donors (Lipinski definition) is 0. The molecule has 0 aromatic heterocycles. The first-order chi connectivity index (χ1) is 9.90. The maximum absolute atomic E-state index is 5.45. The van der Waals surface area contributed by atoms with Crippen molar-refractivity contribution in [1.29, 1.82) is 0 Å². The molecule has 2 fully saturated rings. The number of rotatable bonds is 4. The third-order valence-corrected chi connectivity index (χ3v) is 5.03. The van der Waals surface area contributed by atoms with Crippen LogP contribution in [0.15, 0.2) is 11.6 Å². The molecule has 2 aliphatic heterocycles. The molecule has 2 saturated heterocycles. The van der Waals surface area contributed by atoms with Gasteiger partial charge < -0.3 is 4.74 Å². The summed E-state index contributed by atoms with van der Waals surface area (Å²) >= 11 is 0. The second kappa shape index (κ2) is 7.58. The summed E-state index contributed by atoms with van der Waals surface area (Å²) in [6.07, 6.45) is 10.8. The van der Waals surface area contributed by atoms with E-state index in [1.165, 1.54) is 64.7 Å². The van der Waals surface area contributed by atoms with Gasteiger partial charge in [-0.3, -0.25) is 9.80 Å². The van der Waals surface area contributed by atoms with E-state index in [4.69, 9.17) is 4.74 Å². The summed E-state index contributed by atoms with van der Waals surface area (Å²) in [5.74, 6) is 0.881. The summed E-state index contributed by atoms with van der Waals surface area (Å²) < 4.78 is 5.45. The van der Waals surface area contributed by atoms with Crippen LogP contribution in [0, 0.1) is 5.92 Å². The quantitative estimate of drug-likeness (QED) is 0.735. The second-order valence-electron chi connectivity index (χ2n) is 6.76. The number of piperidine rings is 1. The van der Waals surface area contributed by atoms with Gasteiger partial charge in [0.1, 0.15) is 0 Å². The first-order valence-electron chi connectivity index (χ1n) is 8.60. The molecule has 3 heteroatoms. The zero-order chi connectivity index (χ0) is 13.6. The average Bonchev–Trinajstić information content (AvgIpc) is 2.50. The highest BCUT2D eigenvalue weighted by molar-refractivity contribution is 5.07. The predicted molar refractivity (Wildman–Crippen MR) is 83.0 cm³/mol. The fourth-order valence-electron chi connectivity index (χ4n) is 3.93. The van der Waals surface area contributed by atoms with Crippen LogP contribution in [0.5, 0.6) is 0 Å². The van der Waals surface area contributed by atoms with Crippen molar-refractivity contribution in [3.05, 3.63) is 11.6 Å². The van der Waals surface area contributed by atoms with Crippen LogP contribution >= 0.6 is 0 Å². The number of nitrogens with zero attached hydrogens (tertiary/aromatic N) is 2. The normalized spacial score (nSPS) is 30.2. The second-order valence-corrected chi connectivity index (χ2v) is 6.76. The highest BCUT2D eigenvalue weighted by Gasteiger charge is 2.23. The van der Waals surface area contributed by atoms with Crippen molar-refractivity contribution in [1.82, 2.24) is 9.80 Å². The molecule has 3 rings (SSSR count). The lowest BCUT2D eigenvalue weighted by Crippen LogP contribution is -2.44. The third kappa shape index (κ3) is 4.31. The molecule has 0 saturated carbocycles. The molecule has 0 amide bonds. The first kappa shape index (κ1) is 14.6. The molecule has 114 valence electrons. The van der Waals surface area contributed by atoms with Gasteiger partial charge in [0.15, 0.2) is 0 Å². The number of ether oxygens (including phenoxy) is 1. The van der Waals surface area contributed by atoms with Gasteiger partial charge in [-0.15, -0.1) is 0 Å². The maximum Gasteiger partial charge on any atom is 0.0594 e. The van der Waals surface area contributed by atoms with Crippen LogP contribution < -0.4 is 0 Å². The largest absolute Gasteiger partial charge is 0.379 e. The summed E-state index contributed by atoms with van der Waals surface area (Å²) in [6, 6.07) is 0. The van der Waals surface area contributed by atoms with E-state index in [1.807, 2.05) is 0 Å². The van der Waals surface area contributed by atoms with E-state index in [0.717, 1.165) is 32.2 Å². The van der Waals surface area contributed by atoms with E-state index in [2.05, 4.69) is 15.9 Å². The summed E-state index contributed by atoms with van der Waals surface area (Å²) in [7, 11) is 0. The van der Waals surface area contributed by atoms with E-state index in [-0.39, 0.29) is 0 Å². The lowest BCUT2D eigenvalue weighted by Gasteiger charge is -2.37. The lowest BCUT2D eigenvalue weighted by molar-refractivity contribution is 0.0234. The smallest absolute Gasteiger partial charge is 0.0594 e. The summed E-state index contributed by atoms with van der Waals surface area (Å²) in [5.41, 5.74) is 1.71. The monoisotopic (exact) mass is 278 g/mol. The minimum Gasteiger partial charge on any atom is -0.379 e. The number of allylic oxidation sites excluding steroid dienone is 1. The molecular weight excluding hydrogens is 248 g/mol. The Morgan fingerprint density at radius 3 is 2.75 bits per heavy atom. The molecule has 0 radical (unpaired) electrons. The average molecular weight is 278 g/mol. The fourth-order valence-corrected chi connectivity index (χ4v) is 3.93. The van der Waals surface area contributed by atoms with Gasteiger partial charge in [0.25, 0.3) is 0 Å². The minimum absolute atomic E-state index is 0.881. The zero-order valence-corrected chi connectivity index (χ0v) is 12.9. The molecule has 0 aromatic carbocycles. The highest BCUT2D eigenvalue weighted by Crippen LogP contribution is 2.22. The number of hydrogen-bond acceptors (Lipinski definition) is 3. The molecule has 20 heavy (non-hydrogen) atoms. The number of morpholine rings is 1. The van der Waals surface area contributed by atoms with Crippen molar-refractivity contribution in [2.45, 2.75) is 38.5 Å². The van der Waals surface area contributed by atoms with Crippen molar-refractivity contribution >= 4 is 0 Å². The molecule has 0 unspecified atom stereocenters. The predicted octanol–water partition coefficient (Wildman–Crippen LogP) is 2.53. The van der Waals surface area contributed by atoms with Gasteiger partial charge in [-0.05, 0) is 51.0 Å². The fraction of sp³-hybridized carbons (Fsp3) is 0.882. The molecular formula is C17H30N2O. The molecule has 3 aliphatic rings. The van der Waals surface area contributed by atoms with E-state index >= 15 is 0 Å². The summed E-state index contributed by atoms with van der Waals surface area (Å²) in [6.45, 7) is 9.32. The van der Waals surface area contributed by atoms with Gasteiger partial charge in [0.2, 0.25) is 0 Å². The molecule has 0 aromatic rings. The highest BCUT2D eigenvalue weighted by atomic mass is 16.5. The number of likely N-dealkylation sites (tertiary alicyclic amines) is 1. The minimum atomic E-state index is 0.881. The van der Waals surface area contributed by atoms with Crippen LogP contribution in [0.3, 0.4) is 0 Å². The van der Waals surface area contributed by atoms with Gasteiger partial charge in [-0.25, -0.2) is 0 Å². The van der Waals surface area contributed by atoms with Crippen molar-refractivity contribution < 1.29 is 4.74 Å². The lowest BCUT2D eigenvalue weighted by atomic mass is 9.94. The molecule has 2 heterocycles.